The third-order valence-electron chi connectivity index (χ3n) is 4.19. The number of fused-ring (bicyclic) bond motifs is 3. The van der Waals surface area contributed by atoms with Crippen molar-refractivity contribution in [3.05, 3.63) is 59.2 Å². The Bertz CT molecular complexity index is 1150. The molecular weight excluding hydrogens is 352 g/mol. The third-order valence-corrected chi connectivity index (χ3v) is 4.42. The van der Waals surface area contributed by atoms with Gasteiger partial charge in [0.2, 0.25) is 0 Å². The summed E-state index contributed by atoms with van der Waals surface area (Å²) in [6.07, 6.45) is 1.77. The minimum Gasteiger partial charge on any atom is -0.465 e. The second-order valence-electron chi connectivity index (χ2n) is 5.85. The molecule has 2 aromatic heterocycles. The number of nitrogens with zero attached hydrogens (tertiary/aromatic N) is 3. The van der Waals surface area contributed by atoms with Crippen molar-refractivity contribution in [3.8, 4) is 0 Å². The van der Waals surface area contributed by atoms with Gasteiger partial charge in [-0.3, -0.25) is 4.68 Å². The van der Waals surface area contributed by atoms with Crippen molar-refractivity contribution in [1.82, 2.24) is 14.8 Å². The van der Waals surface area contributed by atoms with Crippen LogP contribution in [-0.4, -0.2) is 27.8 Å². The number of esters is 1. The van der Waals surface area contributed by atoms with E-state index in [2.05, 4.69) is 10.4 Å². The monoisotopic (exact) mass is 366 g/mol. The summed E-state index contributed by atoms with van der Waals surface area (Å²) in [5.74, 6) is 0.244. The average molecular weight is 367 g/mol. The summed E-state index contributed by atoms with van der Waals surface area (Å²) in [6.45, 7) is 0. The standard InChI is InChI=1S/C19H15ClN4O2/c1-24-17-14-7-6-11(19(25)26-2)8-16(14)23-18(15(17)10-21-24)22-13-5-3-4-12(20)9-13/h3-10H,1-2H3,(H,22,23). The predicted octanol–water partition coefficient (Wildman–Crippen LogP) is 4.31. The Balaban J connectivity index is 1.94. The Kier molecular flexibility index (Phi) is 3.97. The molecule has 0 saturated carbocycles. The molecule has 7 heteroatoms. The summed E-state index contributed by atoms with van der Waals surface area (Å²) >= 11 is 6.07. The lowest BCUT2D eigenvalue weighted by atomic mass is 10.1. The van der Waals surface area contributed by atoms with E-state index in [4.69, 9.17) is 21.3 Å². The molecule has 2 aromatic carbocycles. The van der Waals surface area contributed by atoms with E-state index in [0.29, 0.717) is 21.9 Å². The van der Waals surface area contributed by atoms with Crippen LogP contribution in [0.3, 0.4) is 0 Å². The zero-order valence-corrected chi connectivity index (χ0v) is 14.9. The molecule has 0 aliphatic carbocycles. The molecule has 0 fully saturated rings. The number of rotatable bonds is 3. The molecule has 26 heavy (non-hydrogen) atoms. The van der Waals surface area contributed by atoms with Crippen molar-refractivity contribution in [2.75, 3.05) is 12.4 Å². The number of hydrogen-bond acceptors (Lipinski definition) is 5. The molecule has 130 valence electrons. The first kappa shape index (κ1) is 16.4. The SMILES string of the molecule is COC(=O)c1ccc2c(c1)nc(Nc1cccc(Cl)c1)c1cnn(C)c12. The number of pyridine rings is 1. The summed E-state index contributed by atoms with van der Waals surface area (Å²) in [7, 11) is 3.23. The Morgan fingerprint density at radius 1 is 1.19 bits per heavy atom. The van der Waals surface area contributed by atoms with Crippen LogP contribution in [0.4, 0.5) is 11.5 Å². The molecular formula is C19H15ClN4O2. The van der Waals surface area contributed by atoms with Crippen LogP contribution in [0.15, 0.2) is 48.7 Å². The minimum absolute atomic E-state index is 0.400. The molecule has 0 radical (unpaired) electrons. The maximum absolute atomic E-state index is 11.9. The first-order valence-electron chi connectivity index (χ1n) is 7.93. The van der Waals surface area contributed by atoms with Crippen molar-refractivity contribution in [2.45, 2.75) is 0 Å². The molecule has 4 rings (SSSR count). The first-order valence-corrected chi connectivity index (χ1v) is 8.31. The summed E-state index contributed by atoms with van der Waals surface area (Å²) < 4.78 is 6.60. The number of carbonyl (C=O) groups is 1. The van der Waals surface area contributed by atoms with E-state index >= 15 is 0 Å². The molecule has 0 atom stereocenters. The molecule has 0 aliphatic heterocycles. The van der Waals surface area contributed by atoms with Crippen molar-refractivity contribution < 1.29 is 9.53 Å². The Labute approximate surface area is 154 Å². The normalized spacial score (nSPS) is 11.0. The lowest BCUT2D eigenvalue weighted by molar-refractivity contribution is 0.0601. The lowest BCUT2D eigenvalue weighted by Crippen LogP contribution is -2.02. The summed E-state index contributed by atoms with van der Waals surface area (Å²) in [5.41, 5.74) is 2.87. The number of carbonyl (C=O) groups excluding carboxylic acids is 1. The van der Waals surface area contributed by atoms with Gasteiger partial charge in [-0.15, -0.1) is 0 Å². The fourth-order valence-electron chi connectivity index (χ4n) is 2.98. The highest BCUT2D eigenvalue weighted by molar-refractivity contribution is 6.30. The molecule has 2 heterocycles. The molecule has 1 N–H and O–H groups in total. The number of hydrogen-bond donors (Lipinski definition) is 1. The van der Waals surface area contributed by atoms with Gasteiger partial charge in [-0.25, -0.2) is 9.78 Å². The highest BCUT2D eigenvalue weighted by Gasteiger charge is 2.15. The van der Waals surface area contributed by atoms with Gasteiger partial charge in [0, 0.05) is 23.1 Å². The largest absolute Gasteiger partial charge is 0.465 e. The fraction of sp³-hybridized carbons (Fsp3) is 0.105. The molecule has 0 saturated heterocycles. The first-order chi connectivity index (χ1) is 12.6. The fourth-order valence-corrected chi connectivity index (χ4v) is 3.17. The van der Waals surface area contributed by atoms with Crippen molar-refractivity contribution in [3.63, 3.8) is 0 Å². The molecule has 0 aliphatic rings. The van der Waals surface area contributed by atoms with Crippen LogP contribution >= 0.6 is 11.6 Å². The van der Waals surface area contributed by atoms with E-state index < -0.39 is 5.97 Å². The molecule has 0 unspecified atom stereocenters. The Hall–Kier alpha value is -3.12. The zero-order valence-electron chi connectivity index (χ0n) is 14.2. The topological polar surface area (TPSA) is 69.0 Å². The predicted molar refractivity (Wildman–Crippen MR) is 102 cm³/mol. The van der Waals surface area contributed by atoms with Gasteiger partial charge in [-0.2, -0.15) is 5.10 Å². The smallest absolute Gasteiger partial charge is 0.337 e. The summed E-state index contributed by atoms with van der Waals surface area (Å²) in [6, 6.07) is 12.7. The van der Waals surface area contributed by atoms with Gasteiger partial charge in [-0.1, -0.05) is 17.7 Å². The number of nitrogens with one attached hydrogen (secondary N) is 1. The molecule has 0 spiro atoms. The van der Waals surface area contributed by atoms with E-state index in [9.17, 15) is 4.79 Å². The quantitative estimate of drug-likeness (QED) is 0.547. The van der Waals surface area contributed by atoms with Crippen LogP contribution in [0.2, 0.25) is 5.02 Å². The van der Waals surface area contributed by atoms with Crippen LogP contribution in [0.1, 0.15) is 10.4 Å². The second-order valence-corrected chi connectivity index (χ2v) is 6.29. The maximum Gasteiger partial charge on any atom is 0.337 e. The molecule has 0 amide bonds. The number of aryl methyl sites for hydroxylation is 1. The molecule has 4 aromatic rings. The van der Waals surface area contributed by atoms with Crippen molar-refractivity contribution >= 4 is 50.9 Å². The van der Waals surface area contributed by atoms with E-state index in [0.717, 1.165) is 22.0 Å². The van der Waals surface area contributed by atoms with Gasteiger partial charge in [0.1, 0.15) is 5.82 Å². The van der Waals surface area contributed by atoms with Gasteiger partial charge in [-0.05, 0) is 36.4 Å². The number of ether oxygens (including phenoxy) is 1. The zero-order chi connectivity index (χ0) is 18.3. The van der Waals surface area contributed by atoms with Crippen LogP contribution in [0.25, 0.3) is 21.8 Å². The van der Waals surface area contributed by atoms with E-state index in [-0.39, 0.29) is 0 Å². The lowest BCUT2D eigenvalue weighted by Gasteiger charge is -2.11. The number of aromatic nitrogens is 3. The molecule has 0 bridgehead atoms. The number of benzene rings is 2. The average Bonchev–Trinajstić information content (AvgIpc) is 3.03. The van der Waals surface area contributed by atoms with Gasteiger partial charge >= 0.3 is 5.97 Å². The number of methoxy groups -OCH3 is 1. The summed E-state index contributed by atoms with van der Waals surface area (Å²) in [5, 5.41) is 10.1. The van der Waals surface area contributed by atoms with Crippen LogP contribution < -0.4 is 5.32 Å². The van der Waals surface area contributed by atoms with Gasteiger partial charge < -0.3 is 10.1 Å². The third kappa shape index (κ3) is 2.74. The van der Waals surface area contributed by atoms with Crippen LogP contribution in [0.5, 0.6) is 0 Å². The second kappa shape index (κ2) is 6.31. The van der Waals surface area contributed by atoms with Gasteiger partial charge in [0.15, 0.2) is 0 Å². The minimum atomic E-state index is -0.400. The Morgan fingerprint density at radius 2 is 2.04 bits per heavy atom. The molecule has 6 nitrogen and oxygen atoms in total. The van der Waals surface area contributed by atoms with E-state index in [1.807, 2.05) is 37.4 Å². The maximum atomic E-state index is 11.9. The van der Waals surface area contributed by atoms with Crippen molar-refractivity contribution in [1.29, 1.82) is 0 Å². The van der Waals surface area contributed by atoms with Gasteiger partial charge in [0.05, 0.1) is 35.3 Å². The highest BCUT2D eigenvalue weighted by atomic mass is 35.5. The van der Waals surface area contributed by atoms with Crippen molar-refractivity contribution in [2.24, 2.45) is 7.05 Å². The summed E-state index contributed by atoms with van der Waals surface area (Å²) in [4.78, 5) is 16.6. The van der Waals surface area contributed by atoms with E-state index in [1.165, 1.54) is 7.11 Å². The Morgan fingerprint density at radius 3 is 2.81 bits per heavy atom. The van der Waals surface area contributed by atoms with Gasteiger partial charge in [0.25, 0.3) is 0 Å². The highest BCUT2D eigenvalue weighted by Crippen LogP contribution is 2.31. The van der Waals surface area contributed by atoms with Crippen LogP contribution in [0, 0.1) is 0 Å². The number of halogens is 1. The van der Waals surface area contributed by atoms with E-state index in [1.54, 1.807) is 23.0 Å². The number of anilines is 2. The van der Waals surface area contributed by atoms with Crippen LogP contribution in [-0.2, 0) is 11.8 Å².